The predicted molar refractivity (Wildman–Crippen MR) is 81.1 cm³/mol. The number of halogens is 1. The molecule has 2 rings (SSSR count). The fourth-order valence-corrected chi connectivity index (χ4v) is 2.46. The zero-order chi connectivity index (χ0) is 11.2. The molecular weight excluding hydrogens is 329 g/mol. The second kappa shape index (κ2) is 8.13. The fourth-order valence-electron chi connectivity index (χ4n) is 2.46. The third-order valence-corrected chi connectivity index (χ3v) is 3.58. The van der Waals surface area contributed by atoms with Gasteiger partial charge < -0.3 is 15.4 Å². The highest BCUT2D eigenvalue weighted by atomic mass is 127. The van der Waals surface area contributed by atoms with Crippen LogP contribution in [0.2, 0.25) is 0 Å². The number of aliphatic imine (C=N–C) groups is 1. The molecule has 17 heavy (non-hydrogen) atoms. The summed E-state index contributed by atoms with van der Waals surface area (Å²) in [4.78, 5) is 4.41. The Hall–Kier alpha value is -0.0400. The van der Waals surface area contributed by atoms with E-state index in [4.69, 9.17) is 4.74 Å². The van der Waals surface area contributed by atoms with Gasteiger partial charge in [0.25, 0.3) is 0 Å². The van der Waals surface area contributed by atoms with Crippen molar-refractivity contribution >= 4 is 29.9 Å². The molecule has 0 aromatic heterocycles. The average molecular weight is 353 g/mol. The molecule has 1 aliphatic heterocycles. The number of guanidine groups is 1. The zero-order valence-electron chi connectivity index (χ0n) is 10.6. The summed E-state index contributed by atoms with van der Waals surface area (Å²) in [5.74, 6) is 1.79. The highest BCUT2D eigenvalue weighted by Gasteiger charge is 2.20. The van der Waals surface area contributed by atoms with Gasteiger partial charge in [-0.25, -0.2) is 0 Å². The number of hydrogen-bond acceptors (Lipinski definition) is 4. The molecule has 0 bridgehead atoms. The highest BCUT2D eigenvalue weighted by molar-refractivity contribution is 14.0. The SMILES string of the molecule is COC1CCC(CNC2=NCCCN2)CC1.I. The first kappa shape index (κ1) is 15.0. The first-order valence-corrected chi connectivity index (χ1v) is 6.43. The molecule has 4 nitrogen and oxygen atoms in total. The van der Waals surface area contributed by atoms with Gasteiger partial charge in [-0.15, -0.1) is 24.0 Å². The summed E-state index contributed by atoms with van der Waals surface area (Å²) in [7, 11) is 1.82. The van der Waals surface area contributed by atoms with Crippen molar-refractivity contribution in [1.29, 1.82) is 0 Å². The van der Waals surface area contributed by atoms with Crippen LogP contribution in [0.5, 0.6) is 0 Å². The molecule has 1 heterocycles. The van der Waals surface area contributed by atoms with Crippen LogP contribution in [0, 0.1) is 5.92 Å². The van der Waals surface area contributed by atoms with Crippen molar-refractivity contribution in [3.63, 3.8) is 0 Å². The van der Waals surface area contributed by atoms with Crippen LogP contribution in [0.4, 0.5) is 0 Å². The molecule has 1 aliphatic carbocycles. The van der Waals surface area contributed by atoms with E-state index in [0.29, 0.717) is 6.10 Å². The standard InChI is InChI=1S/C12H23N3O.HI/c1-16-11-5-3-10(4-6-11)9-15-12-13-7-2-8-14-12;/h10-11H,2-9H2,1H3,(H2,13,14,15);1H. The molecule has 1 saturated carbocycles. The molecule has 100 valence electrons. The van der Waals surface area contributed by atoms with Crippen LogP contribution >= 0.6 is 24.0 Å². The second-order valence-corrected chi connectivity index (χ2v) is 4.77. The minimum Gasteiger partial charge on any atom is -0.381 e. The van der Waals surface area contributed by atoms with E-state index in [2.05, 4.69) is 15.6 Å². The third kappa shape index (κ3) is 4.99. The smallest absolute Gasteiger partial charge is 0.191 e. The van der Waals surface area contributed by atoms with Gasteiger partial charge in [-0.2, -0.15) is 0 Å². The Morgan fingerprint density at radius 1 is 1.35 bits per heavy atom. The lowest BCUT2D eigenvalue weighted by atomic mass is 9.87. The van der Waals surface area contributed by atoms with Gasteiger partial charge in [0.1, 0.15) is 0 Å². The van der Waals surface area contributed by atoms with Crippen molar-refractivity contribution in [2.45, 2.75) is 38.2 Å². The van der Waals surface area contributed by atoms with Crippen LogP contribution in [0.1, 0.15) is 32.1 Å². The average Bonchev–Trinajstić information content (AvgIpc) is 2.38. The Morgan fingerprint density at radius 3 is 2.71 bits per heavy atom. The van der Waals surface area contributed by atoms with Gasteiger partial charge in [0.05, 0.1) is 6.10 Å². The van der Waals surface area contributed by atoms with Crippen LogP contribution in [0.15, 0.2) is 4.99 Å². The minimum absolute atomic E-state index is 0. The van der Waals surface area contributed by atoms with Crippen molar-refractivity contribution in [1.82, 2.24) is 10.6 Å². The normalized spacial score (nSPS) is 28.6. The van der Waals surface area contributed by atoms with E-state index in [1.54, 1.807) is 0 Å². The van der Waals surface area contributed by atoms with Crippen molar-refractivity contribution in [3.05, 3.63) is 0 Å². The van der Waals surface area contributed by atoms with E-state index in [-0.39, 0.29) is 24.0 Å². The van der Waals surface area contributed by atoms with Crippen molar-refractivity contribution < 1.29 is 4.74 Å². The van der Waals surface area contributed by atoms with Gasteiger partial charge in [0.2, 0.25) is 0 Å². The van der Waals surface area contributed by atoms with E-state index < -0.39 is 0 Å². The number of methoxy groups -OCH3 is 1. The topological polar surface area (TPSA) is 45.6 Å². The minimum atomic E-state index is 0. The summed E-state index contributed by atoms with van der Waals surface area (Å²) in [5.41, 5.74) is 0. The van der Waals surface area contributed by atoms with E-state index in [9.17, 15) is 0 Å². The second-order valence-electron chi connectivity index (χ2n) is 4.77. The molecule has 0 aromatic carbocycles. The van der Waals surface area contributed by atoms with Gasteiger partial charge in [0.15, 0.2) is 5.96 Å². The maximum atomic E-state index is 5.38. The van der Waals surface area contributed by atoms with Crippen LogP contribution < -0.4 is 10.6 Å². The zero-order valence-corrected chi connectivity index (χ0v) is 12.9. The number of rotatable bonds is 3. The molecule has 0 saturated heterocycles. The Labute approximate surface area is 121 Å². The van der Waals surface area contributed by atoms with E-state index in [1.165, 1.54) is 25.7 Å². The summed E-state index contributed by atoms with van der Waals surface area (Å²) in [6, 6.07) is 0. The van der Waals surface area contributed by atoms with Crippen molar-refractivity contribution in [3.8, 4) is 0 Å². The lowest BCUT2D eigenvalue weighted by Gasteiger charge is -2.28. The molecule has 0 spiro atoms. The van der Waals surface area contributed by atoms with Gasteiger partial charge >= 0.3 is 0 Å². The van der Waals surface area contributed by atoms with E-state index in [1.807, 2.05) is 7.11 Å². The maximum absolute atomic E-state index is 5.38. The Bertz CT molecular complexity index is 240. The van der Waals surface area contributed by atoms with E-state index >= 15 is 0 Å². The Balaban J connectivity index is 0.00000144. The van der Waals surface area contributed by atoms with Crippen molar-refractivity contribution in [2.75, 3.05) is 26.7 Å². The number of nitrogens with one attached hydrogen (secondary N) is 2. The monoisotopic (exact) mass is 353 g/mol. The molecule has 0 unspecified atom stereocenters. The third-order valence-electron chi connectivity index (χ3n) is 3.58. The summed E-state index contributed by atoms with van der Waals surface area (Å²) in [5, 5.41) is 6.72. The molecule has 1 fully saturated rings. The first-order chi connectivity index (χ1) is 7.88. The molecule has 0 radical (unpaired) electrons. The summed E-state index contributed by atoms with van der Waals surface area (Å²) in [6.45, 7) is 3.08. The largest absolute Gasteiger partial charge is 0.381 e. The molecule has 0 amide bonds. The summed E-state index contributed by atoms with van der Waals surface area (Å²) in [6.07, 6.45) is 6.63. The van der Waals surface area contributed by atoms with E-state index in [0.717, 1.165) is 37.9 Å². The number of ether oxygens (including phenoxy) is 1. The Kier molecular flexibility index (Phi) is 7.18. The van der Waals surface area contributed by atoms with Gasteiger partial charge in [-0.3, -0.25) is 4.99 Å². The number of hydrogen-bond donors (Lipinski definition) is 2. The fraction of sp³-hybridized carbons (Fsp3) is 0.917. The molecule has 0 aromatic rings. The number of nitrogens with zero attached hydrogens (tertiary/aromatic N) is 1. The van der Waals surface area contributed by atoms with Crippen LogP contribution in [0.3, 0.4) is 0 Å². The van der Waals surface area contributed by atoms with Crippen LogP contribution in [-0.4, -0.2) is 38.8 Å². The summed E-state index contributed by atoms with van der Waals surface area (Å²) >= 11 is 0. The van der Waals surface area contributed by atoms with Gasteiger partial charge in [-0.1, -0.05) is 0 Å². The summed E-state index contributed by atoms with van der Waals surface area (Å²) < 4.78 is 5.38. The quantitative estimate of drug-likeness (QED) is 0.760. The molecule has 5 heteroatoms. The maximum Gasteiger partial charge on any atom is 0.191 e. The lowest BCUT2D eigenvalue weighted by molar-refractivity contribution is 0.0574. The molecule has 0 atom stereocenters. The highest BCUT2D eigenvalue weighted by Crippen LogP contribution is 2.25. The van der Waals surface area contributed by atoms with Gasteiger partial charge in [-0.05, 0) is 38.0 Å². The van der Waals surface area contributed by atoms with Crippen molar-refractivity contribution in [2.24, 2.45) is 10.9 Å². The lowest BCUT2D eigenvalue weighted by Crippen LogP contribution is -2.43. The Morgan fingerprint density at radius 2 is 2.12 bits per heavy atom. The van der Waals surface area contributed by atoms with Crippen LogP contribution in [-0.2, 0) is 4.74 Å². The molecular formula is C12H24IN3O. The van der Waals surface area contributed by atoms with Crippen LogP contribution in [0.25, 0.3) is 0 Å². The molecule has 2 N–H and O–H groups in total. The van der Waals surface area contributed by atoms with Gasteiger partial charge in [0, 0.05) is 26.7 Å². The molecule has 2 aliphatic rings. The predicted octanol–water partition coefficient (Wildman–Crippen LogP) is 1.75. The first-order valence-electron chi connectivity index (χ1n) is 6.43.